The molecule has 2 aromatic rings. The lowest BCUT2D eigenvalue weighted by atomic mass is 10.2. The summed E-state index contributed by atoms with van der Waals surface area (Å²) in [7, 11) is 3.43. The van der Waals surface area contributed by atoms with Gasteiger partial charge in [0.05, 0.1) is 25.7 Å². The zero-order valence-corrected chi connectivity index (χ0v) is 11.2. The van der Waals surface area contributed by atoms with Gasteiger partial charge in [-0.1, -0.05) is 6.07 Å². The Morgan fingerprint density at radius 1 is 1.42 bits per heavy atom. The van der Waals surface area contributed by atoms with Crippen molar-refractivity contribution >= 4 is 0 Å². The summed E-state index contributed by atoms with van der Waals surface area (Å²) in [5, 5.41) is 3.07. The predicted molar refractivity (Wildman–Crippen MR) is 71.9 cm³/mol. The molecule has 1 aromatic heterocycles. The zero-order valence-electron chi connectivity index (χ0n) is 11.2. The standard InChI is InChI=1S/C14H18FN3O/c1-16-6-5-12-9-18(10-17-12)8-11-3-4-13(19-2)7-14(11)15/h3-4,7,9-10,16H,5-6,8H2,1-2H3. The van der Waals surface area contributed by atoms with Gasteiger partial charge in [0.15, 0.2) is 0 Å². The van der Waals surface area contributed by atoms with E-state index in [1.165, 1.54) is 13.2 Å². The number of rotatable bonds is 6. The Bertz CT molecular complexity index is 539. The third-order valence-electron chi connectivity index (χ3n) is 2.93. The number of aromatic nitrogens is 2. The Morgan fingerprint density at radius 3 is 2.95 bits per heavy atom. The van der Waals surface area contributed by atoms with E-state index in [0.717, 1.165) is 18.7 Å². The molecule has 1 N–H and O–H groups in total. The van der Waals surface area contributed by atoms with Crippen LogP contribution in [0, 0.1) is 5.82 Å². The van der Waals surface area contributed by atoms with Gasteiger partial charge in [-0.3, -0.25) is 0 Å². The van der Waals surface area contributed by atoms with E-state index in [-0.39, 0.29) is 5.82 Å². The second-order valence-electron chi connectivity index (χ2n) is 4.35. The number of likely N-dealkylation sites (N-methyl/N-ethyl adjacent to an activating group) is 1. The fraction of sp³-hybridized carbons (Fsp3) is 0.357. The van der Waals surface area contributed by atoms with Crippen LogP contribution in [-0.4, -0.2) is 30.3 Å². The normalized spacial score (nSPS) is 10.7. The molecule has 0 fully saturated rings. The molecule has 0 saturated carbocycles. The van der Waals surface area contributed by atoms with E-state index < -0.39 is 0 Å². The van der Waals surface area contributed by atoms with E-state index >= 15 is 0 Å². The van der Waals surface area contributed by atoms with Crippen molar-refractivity contribution in [1.29, 1.82) is 0 Å². The molecule has 19 heavy (non-hydrogen) atoms. The molecular formula is C14H18FN3O. The lowest BCUT2D eigenvalue weighted by Gasteiger charge is -2.06. The molecule has 102 valence electrons. The van der Waals surface area contributed by atoms with Crippen LogP contribution < -0.4 is 10.1 Å². The molecule has 1 heterocycles. The predicted octanol–water partition coefficient (Wildman–Crippen LogP) is 1.84. The number of nitrogens with zero attached hydrogens (tertiary/aromatic N) is 2. The van der Waals surface area contributed by atoms with Crippen LogP contribution in [0.4, 0.5) is 4.39 Å². The first-order chi connectivity index (χ1) is 9.22. The van der Waals surface area contributed by atoms with Gasteiger partial charge in [-0.05, 0) is 13.1 Å². The molecule has 0 aliphatic carbocycles. The van der Waals surface area contributed by atoms with Crippen LogP contribution in [0.1, 0.15) is 11.3 Å². The van der Waals surface area contributed by atoms with Gasteiger partial charge in [0, 0.05) is 30.8 Å². The van der Waals surface area contributed by atoms with E-state index in [9.17, 15) is 4.39 Å². The fourth-order valence-corrected chi connectivity index (χ4v) is 1.85. The van der Waals surface area contributed by atoms with E-state index in [2.05, 4.69) is 10.3 Å². The van der Waals surface area contributed by atoms with Crippen LogP contribution in [0.25, 0.3) is 0 Å². The molecule has 0 saturated heterocycles. The van der Waals surface area contributed by atoms with Crippen molar-refractivity contribution in [2.24, 2.45) is 0 Å². The number of hydrogen-bond donors (Lipinski definition) is 1. The van der Waals surface area contributed by atoms with Crippen LogP contribution >= 0.6 is 0 Å². The topological polar surface area (TPSA) is 39.1 Å². The number of nitrogens with one attached hydrogen (secondary N) is 1. The molecule has 2 rings (SSSR count). The molecule has 0 radical (unpaired) electrons. The summed E-state index contributed by atoms with van der Waals surface area (Å²) >= 11 is 0. The first kappa shape index (κ1) is 13.5. The van der Waals surface area contributed by atoms with E-state index in [4.69, 9.17) is 4.74 Å². The molecule has 4 nitrogen and oxygen atoms in total. The van der Waals surface area contributed by atoms with Gasteiger partial charge < -0.3 is 14.6 Å². The number of methoxy groups -OCH3 is 1. The first-order valence-corrected chi connectivity index (χ1v) is 6.20. The average molecular weight is 263 g/mol. The highest BCUT2D eigenvalue weighted by Gasteiger charge is 2.06. The Morgan fingerprint density at radius 2 is 2.26 bits per heavy atom. The molecule has 0 spiro atoms. The summed E-state index contributed by atoms with van der Waals surface area (Å²) in [6.07, 6.45) is 4.55. The third-order valence-corrected chi connectivity index (χ3v) is 2.93. The SMILES string of the molecule is CNCCc1cn(Cc2ccc(OC)cc2F)cn1. The molecule has 0 aliphatic heterocycles. The van der Waals surface area contributed by atoms with Gasteiger partial charge >= 0.3 is 0 Å². The van der Waals surface area contributed by atoms with Gasteiger partial charge in [-0.15, -0.1) is 0 Å². The number of hydrogen-bond acceptors (Lipinski definition) is 3. The molecule has 0 unspecified atom stereocenters. The smallest absolute Gasteiger partial charge is 0.131 e. The fourth-order valence-electron chi connectivity index (χ4n) is 1.85. The largest absolute Gasteiger partial charge is 0.497 e. The summed E-state index contributed by atoms with van der Waals surface area (Å²) in [5.74, 6) is 0.270. The minimum atomic E-state index is -0.259. The minimum absolute atomic E-state index is 0.259. The highest BCUT2D eigenvalue weighted by Crippen LogP contribution is 2.17. The van der Waals surface area contributed by atoms with Crippen LogP contribution in [0.2, 0.25) is 0 Å². The number of ether oxygens (including phenoxy) is 1. The van der Waals surface area contributed by atoms with E-state index in [1.54, 1.807) is 18.5 Å². The summed E-state index contributed by atoms with van der Waals surface area (Å²) in [6, 6.07) is 4.90. The van der Waals surface area contributed by atoms with Gasteiger partial charge in [-0.2, -0.15) is 0 Å². The number of benzene rings is 1. The van der Waals surface area contributed by atoms with E-state index in [1.807, 2.05) is 17.8 Å². The maximum Gasteiger partial charge on any atom is 0.131 e. The van der Waals surface area contributed by atoms with Gasteiger partial charge in [0.2, 0.25) is 0 Å². The molecule has 0 aliphatic rings. The van der Waals surface area contributed by atoms with Crippen molar-refractivity contribution in [3.05, 3.63) is 47.8 Å². The van der Waals surface area contributed by atoms with E-state index in [0.29, 0.717) is 17.9 Å². The second-order valence-corrected chi connectivity index (χ2v) is 4.35. The minimum Gasteiger partial charge on any atom is -0.497 e. The Hall–Kier alpha value is -1.88. The van der Waals surface area contributed by atoms with Gasteiger partial charge in [0.25, 0.3) is 0 Å². The van der Waals surface area contributed by atoms with Crippen molar-refractivity contribution in [3.8, 4) is 5.75 Å². The molecule has 0 bridgehead atoms. The molecule has 1 aromatic carbocycles. The van der Waals surface area contributed by atoms with Crippen molar-refractivity contribution in [1.82, 2.24) is 14.9 Å². The zero-order chi connectivity index (χ0) is 13.7. The van der Waals surface area contributed by atoms with Crippen LogP contribution in [0.5, 0.6) is 5.75 Å². The van der Waals surface area contributed by atoms with Gasteiger partial charge in [0.1, 0.15) is 11.6 Å². The monoisotopic (exact) mass is 263 g/mol. The first-order valence-electron chi connectivity index (χ1n) is 6.20. The average Bonchev–Trinajstić information content (AvgIpc) is 2.86. The van der Waals surface area contributed by atoms with Crippen molar-refractivity contribution < 1.29 is 9.13 Å². The molecule has 0 amide bonds. The maximum absolute atomic E-state index is 13.8. The second kappa shape index (κ2) is 6.33. The van der Waals surface area contributed by atoms with Crippen LogP contribution in [-0.2, 0) is 13.0 Å². The molecular weight excluding hydrogens is 245 g/mol. The van der Waals surface area contributed by atoms with Crippen molar-refractivity contribution in [2.75, 3.05) is 20.7 Å². The maximum atomic E-state index is 13.8. The summed E-state index contributed by atoms with van der Waals surface area (Å²) < 4.78 is 20.7. The molecule has 5 heteroatoms. The Kier molecular flexibility index (Phi) is 4.52. The lowest BCUT2D eigenvalue weighted by molar-refractivity contribution is 0.410. The highest BCUT2D eigenvalue weighted by atomic mass is 19.1. The highest BCUT2D eigenvalue weighted by molar-refractivity contribution is 5.29. The Labute approximate surface area is 112 Å². The van der Waals surface area contributed by atoms with Crippen LogP contribution in [0.3, 0.4) is 0 Å². The van der Waals surface area contributed by atoms with Gasteiger partial charge in [-0.25, -0.2) is 9.37 Å². The summed E-state index contributed by atoms with van der Waals surface area (Å²) in [6.45, 7) is 1.36. The summed E-state index contributed by atoms with van der Waals surface area (Å²) in [4.78, 5) is 4.29. The van der Waals surface area contributed by atoms with Crippen molar-refractivity contribution in [3.63, 3.8) is 0 Å². The quantitative estimate of drug-likeness (QED) is 0.864. The Balaban J connectivity index is 2.06. The number of halogens is 1. The molecule has 0 atom stereocenters. The lowest BCUT2D eigenvalue weighted by Crippen LogP contribution is -2.10. The van der Waals surface area contributed by atoms with Crippen molar-refractivity contribution in [2.45, 2.75) is 13.0 Å². The summed E-state index contributed by atoms with van der Waals surface area (Å²) in [5.41, 5.74) is 1.63. The third kappa shape index (κ3) is 3.54. The van der Waals surface area contributed by atoms with Crippen LogP contribution in [0.15, 0.2) is 30.7 Å². The number of imidazole rings is 1.